The number of piperidine rings is 1. The smallest absolute Gasteiger partial charge is 0.0208 e. The van der Waals surface area contributed by atoms with Crippen LogP contribution in [0.15, 0.2) is 22.7 Å². The first-order valence-corrected chi connectivity index (χ1v) is 8.15. The van der Waals surface area contributed by atoms with Crippen LogP contribution in [0.1, 0.15) is 37.3 Å². The summed E-state index contributed by atoms with van der Waals surface area (Å²) in [5, 5.41) is 3.63. The normalized spacial score (nSPS) is 18.5. The van der Waals surface area contributed by atoms with Gasteiger partial charge in [-0.15, -0.1) is 0 Å². The van der Waals surface area contributed by atoms with Crippen LogP contribution in [0.3, 0.4) is 0 Å². The average Bonchev–Trinajstić information content (AvgIpc) is 2.41. The van der Waals surface area contributed by atoms with E-state index in [2.05, 4.69) is 58.2 Å². The van der Waals surface area contributed by atoms with E-state index in [4.69, 9.17) is 0 Å². The van der Waals surface area contributed by atoms with Crippen molar-refractivity contribution in [2.45, 2.75) is 45.7 Å². The maximum absolute atomic E-state index is 3.63. The van der Waals surface area contributed by atoms with E-state index < -0.39 is 0 Å². The Morgan fingerprint density at radius 3 is 2.68 bits per heavy atom. The number of benzene rings is 1. The van der Waals surface area contributed by atoms with E-state index >= 15 is 0 Å². The van der Waals surface area contributed by atoms with Crippen molar-refractivity contribution in [3.05, 3.63) is 33.8 Å². The van der Waals surface area contributed by atoms with E-state index in [0.717, 1.165) is 6.54 Å². The minimum Gasteiger partial charge on any atom is -0.309 e. The van der Waals surface area contributed by atoms with Gasteiger partial charge in [0.05, 0.1) is 0 Å². The molecule has 1 N–H and O–H groups in total. The van der Waals surface area contributed by atoms with Crippen molar-refractivity contribution in [1.82, 2.24) is 10.2 Å². The molecule has 0 bridgehead atoms. The fourth-order valence-electron chi connectivity index (χ4n) is 2.63. The molecule has 1 aliphatic rings. The van der Waals surface area contributed by atoms with Crippen LogP contribution in [0.25, 0.3) is 0 Å². The standard InChI is InChI=1S/C16H25BrN2/c1-13-6-7-15(10-16(13)17)11-18-14(2)12-19-8-4-3-5-9-19/h6-7,10,14,18H,3-5,8-9,11-12H2,1-2H3. The minimum absolute atomic E-state index is 0.554. The lowest BCUT2D eigenvalue weighted by Crippen LogP contribution is -2.41. The molecule has 1 aliphatic heterocycles. The number of hydrogen-bond acceptors (Lipinski definition) is 2. The number of nitrogens with zero attached hydrogens (tertiary/aromatic N) is 1. The lowest BCUT2D eigenvalue weighted by atomic mass is 10.1. The van der Waals surface area contributed by atoms with Crippen LogP contribution in [-0.2, 0) is 6.54 Å². The SMILES string of the molecule is Cc1ccc(CNC(C)CN2CCCCC2)cc1Br. The minimum atomic E-state index is 0.554. The maximum atomic E-state index is 3.63. The molecule has 2 nitrogen and oxygen atoms in total. The Morgan fingerprint density at radius 1 is 1.26 bits per heavy atom. The number of rotatable bonds is 5. The van der Waals surface area contributed by atoms with Gasteiger partial charge in [-0.05, 0) is 57.0 Å². The molecule has 2 rings (SSSR count). The van der Waals surface area contributed by atoms with Crippen LogP contribution < -0.4 is 5.32 Å². The molecule has 0 spiro atoms. The highest BCUT2D eigenvalue weighted by molar-refractivity contribution is 9.10. The van der Waals surface area contributed by atoms with Crippen molar-refractivity contribution in [1.29, 1.82) is 0 Å². The highest BCUT2D eigenvalue weighted by atomic mass is 79.9. The molecule has 0 saturated carbocycles. The van der Waals surface area contributed by atoms with Gasteiger partial charge in [-0.2, -0.15) is 0 Å². The Hall–Kier alpha value is -0.380. The molecule has 3 heteroatoms. The Morgan fingerprint density at radius 2 is 2.00 bits per heavy atom. The van der Waals surface area contributed by atoms with E-state index in [9.17, 15) is 0 Å². The van der Waals surface area contributed by atoms with Crippen LogP contribution >= 0.6 is 15.9 Å². The number of halogens is 1. The van der Waals surface area contributed by atoms with Gasteiger partial charge < -0.3 is 10.2 Å². The molecule has 0 radical (unpaired) electrons. The third-order valence-electron chi connectivity index (χ3n) is 3.87. The highest BCUT2D eigenvalue weighted by Gasteiger charge is 2.12. The fraction of sp³-hybridized carbons (Fsp3) is 0.625. The number of hydrogen-bond donors (Lipinski definition) is 1. The second-order valence-corrected chi connectivity index (χ2v) is 6.58. The first-order valence-electron chi connectivity index (χ1n) is 7.36. The van der Waals surface area contributed by atoms with Gasteiger partial charge in [-0.25, -0.2) is 0 Å². The highest BCUT2D eigenvalue weighted by Crippen LogP contribution is 2.17. The zero-order valence-electron chi connectivity index (χ0n) is 12.1. The first-order chi connectivity index (χ1) is 9.15. The van der Waals surface area contributed by atoms with Crippen LogP contribution in [-0.4, -0.2) is 30.6 Å². The molecule has 1 heterocycles. The molecule has 0 aliphatic carbocycles. The van der Waals surface area contributed by atoms with E-state index in [1.165, 1.54) is 54.5 Å². The largest absolute Gasteiger partial charge is 0.309 e. The molecule has 106 valence electrons. The van der Waals surface area contributed by atoms with E-state index in [-0.39, 0.29) is 0 Å². The summed E-state index contributed by atoms with van der Waals surface area (Å²) < 4.78 is 1.20. The second-order valence-electron chi connectivity index (χ2n) is 5.73. The lowest BCUT2D eigenvalue weighted by molar-refractivity contribution is 0.209. The summed E-state index contributed by atoms with van der Waals surface area (Å²) in [5.41, 5.74) is 2.65. The predicted octanol–water partition coefficient (Wildman–Crippen LogP) is 3.72. The topological polar surface area (TPSA) is 15.3 Å². The zero-order valence-corrected chi connectivity index (χ0v) is 13.7. The van der Waals surface area contributed by atoms with Crippen molar-refractivity contribution in [3.8, 4) is 0 Å². The van der Waals surface area contributed by atoms with Crippen molar-refractivity contribution in [2.24, 2.45) is 0 Å². The van der Waals surface area contributed by atoms with Gasteiger partial charge in [0.25, 0.3) is 0 Å². The Bertz CT molecular complexity index is 400. The van der Waals surface area contributed by atoms with Crippen LogP contribution in [0, 0.1) is 6.92 Å². The molecule has 19 heavy (non-hydrogen) atoms. The van der Waals surface area contributed by atoms with E-state index in [0.29, 0.717) is 6.04 Å². The van der Waals surface area contributed by atoms with Gasteiger partial charge in [0, 0.05) is 23.6 Å². The van der Waals surface area contributed by atoms with Crippen molar-refractivity contribution in [2.75, 3.05) is 19.6 Å². The molecule has 0 amide bonds. The van der Waals surface area contributed by atoms with Gasteiger partial charge in [0.1, 0.15) is 0 Å². The molecule has 1 aromatic rings. The second kappa shape index (κ2) is 7.41. The van der Waals surface area contributed by atoms with Crippen molar-refractivity contribution < 1.29 is 0 Å². The van der Waals surface area contributed by atoms with Crippen LogP contribution in [0.2, 0.25) is 0 Å². The third kappa shape index (κ3) is 4.90. The summed E-state index contributed by atoms with van der Waals surface area (Å²) in [4.78, 5) is 2.59. The van der Waals surface area contributed by atoms with E-state index in [1.807, 2.05) is 0 Å². The molecule has 0 aromatic heterocycles. The monoisotopic (exact) mass is 324 g/mol. The maximum Gasteiger partial charge on any atom is 0.0208 e. The van der Waals surface area contributed by atoms with Crippen LogP contribution in [0.5, 0.6) is 0 Å². The lowest BCUT2D eigenvalue weighted by Gasteiger charge is -2.29. The molecular weight excluding hydrogens is 300 g/mol. The van der Waals surface area contributed by atoms with E-state index in [1.54, 1.807) is 0 Å². The zero-order chi connectivity index (χ0) is 13.7. The molecule has 1 saturated heterocycles. The van der Waals surface area contributed by atoms with Crippen molar-refractivity contribution >= 4 is 15.9 Å². The van der Waals surface area contributed by atoms with Gasteiger partial charge in [0.15, 0.2) is 0 Å². The Balaban J connectivity index is 1.75. The summed E-state index contributed by atoms with van der Waals surface area (Å²) >= 11 is 3.60. The summed E-state index contributed by atoms with van der Waals surface area (Å²) in [5.74, 6) is 0. The first kappa shape index (κ1) is 15.0. The fourth-order valence-corrected chi connectivity index (χ4v) is 3.06. The van der Waals surface area contributed by atoms with Gasteiger partial charge >= 0.3 is 0 Å². The van der Waals surface area contributed by atoms with Crippen molar-refractivity contribution in [3.63, 3.8) is 0 Å². The quantitative estimate of drug-likeness (QED) is 0.888. The van der Waals surface area contributed by atoms with Gasteiger partial charge in [-0.1, -0.05) is 34.5 Å². The van der Waals surface area contributed by atoms with Gasteiger partial charge in [-0.3, -0.25) is 0 Å². The summed E-state index contributed by atoms with van der Waals surface area (Å²) in [7, 11) is 0. The molecule has 1 aromatic carbocycles. The van der Waals surface area contributed by atoms with Gasteiger partial charge in [0.2, 0.25) is 0 Å². The summed E-state index contributed by atoms with van der Waals surface area (Å²) in [6.45, 7) is 9.10. The molecule has 1 unspecified atom stereocenters. The number of aryl methyl sites for hydroxylation is 1. The summed E-state index contributed by atoms with van der Waals surface area (Å²) in [6, 6.07) is 7.16. The third-order valence-corrected chi connectivity index (χ3v) is 4.73. The van der Waals surface area contributed by atoms with Crippen LogP contribution in [0.4, 0.5) is 0 Å². The Kier molecular flexibility index (Phi) is 5.86. The predicted molar refractivity (Wildman–Crippen MR) is 85.5 cm³/mol. The molecular formula is C16H25BrN2. The number of nitrogens with one attached hydrogen (secondary N) is 1. The summed E-state index contributed by atoms with van der Waals surface area (Å²) in [6.07, 6.45) is 4.16. The Labute approximate surface area is 125 Å². The molecule has 1 fully saturated rings. The molecule has 1 atom stereocenters. The number of likely N-dealkylation sites (tertiary alicyclic amines) is 1. The average molecular weight is 325 g/mol.